The molecule has 154 valence electrons. The molecule has 1 aliphatic heterocycles. The van der Waals surface area contributed by atoms with Gasteiger partial charge in [-0.15, -0.1) is 0 Å². The molecule has 0 aromatic heterocycles. The van der Waals surface area contributed by atoms with Crippen molar-refractivity contribution in [3.8, 4) is 0 Å². The number of nitrogens with zero attached hydrogens (tertiary/aromatic N) is 4. The SMILES string of the molecule is CN(C)c1ccc(C=NN2CCN(C(c3ccccc3)c3ccccc3)CC2)cc1. The standard InChI is InChI=1S/C26H30N4/c1-28(2)25-15-13-22(14-16-25)21-27-30-19-17-29(18-20-30)26(23-9-5-3-6-10-23)24-11-7-4-8-12-24/h3-16,21,26H,17-20H2,1-2H3. The highest BCUT2D eigenvalue weighted by Crippen LogP contribution is 2.29. The predicted octanol–water partition coefficient (Wildman–Crippen LogP) is 4.49. The molecule has 4 nitrogen and oxygen atoms in total. The first-order valence-corrected chi connectivity index (χ1v) is 10.6. The Kier molecular flexibility index (Phi) is 6.45. The van der Waals surface area contributed by atoms with Crippen LogP contribution in [-0.2, 0) is 0 Å². The van der Waals surface area contributed by atoms with Crippen LogP contribution in [0.1, 0.15) is 22.7 Å². The number of hydrazone groups is 1. The molecule has 0 bridgehead atoms. The monoisotopic (exact) mass is 398 g/mol. The van der Waals surface area contributed by atoms with Gasteiger partial charge < -0.3 is 4.90 Å². The van der Waals surface area contributed by atoms with Gasteiger partial charge in [-0.2, -0.15) is 5.10 Å². The van der Waals surface area contributed by atoms with Crippen molar-refractivity contribution in [2.24, 2.45) is 5.10 Å². The van der Waals surface area contributed by atoms with Crippen molar-refractivity contribution in [3.05, 3.63) is 102 Å². The Balaban J connectivity index is 1.42. The topological polar surface area (TPSA) is 22.1 Å². The van der Waals surface area contributed by atoms with E-state index in [0.717, 1.165) is 31.7 Å². The van der Waals surface area contributed by atoms with Gasteiger partial charge in [-0.1, -0.05) is 72.8 Å². The molecule has 0 atom stereocenters. The van der Waals surface area contributed by atoms with Gasteiger partial charge in [0.1, 0.15) is 0 Å². The van der Waals surface area contributed by atoms with E-state index in [1.54, 1.807) is 0 Å². The summed E-state index contributed by atoms with van der Waals surface area (Å²) >= 11 is 0. The molecule has 30 heavy (non-hydrogen) atoms. The van der Waals surface area contributed by atoms with Crippen LogP contribution in [-0.4, -0.2) is 56.4 Å². The van der Waals surface area contributed by atoms with Gasteiger partial charge in [0.2, 0.25) is 0 Å². The fourth-order valence-electron chi connectivity index (χ4n) is 3.98. The van der Waals surface area contributed by atoms with Gasteiger partial charge in [-0.05, 0) is 28.8 Å². The molecule has 3 aromatic carbocycles. The van der Waals surface area contributed by atoms with Crippen molar-refractivity contribution < 1.29 is 0 Å². The zero-order valence-electron chi connectivity index (χ0n) is 17.9. The lowest BCUT2D eigenvalue weighted by Gasteiger charge is -2.38. The summed E-state index contributed by atoms with van der Waals surface area (Å²) in [6.45, 7) is 3.85. The van der Waals surface area contributed by atoms with Crippen LogP contribution in [0.15, 0.2) is 90.0 Å². The Morgan fingerprint density at radius 3 is 1.77 bits per heavy atom. The summed E-state index contributed by atoms with van der Waals surface area (Å²) in [5.74, 6) is 0. The summed E-state index contributed by atoms with van der Waals surface area (Å²) in [5, 5.41) is 6.92. The molecule has 0 amide bonds. The normalized spacial score (nSPS) is 15.1. The van der Waals surface area contributed by atoms with Crippen LogP contribution in [0.5, 0.6) is 0 Å². The van der Waals surface area contributed by atoms with E-state index in [2.05, 4.69) is 114 Å². The number of piperazine rings is 1. The van der Waals surface area contributed by atoms with Crippen molar-refractivity contribution in [1.29, 1.82) is 0 Å². The molecular formula is C26H30N4. The fourth-order valence-corrected chi connectivity index (χ4v) is 3.98. The summed E-state index contributed by atoms with van der Waals surface area (Å²) in [4.78, 5) is 4.68. The molecule has 1 heterocycles. The maximum absolute atomic E-state index is 4.74. The maximum atomic E-state index is 4.74. The highest BCUT2D eigenvalue weighted by atomic mass is 15.5. The van der Waals surface area contributed by atoms with Crippen molar-refractivity contribution in [2.45, 2.75) is 6.04 Å². The minimum Gasteiger partial charge on any atom is -0.378 e. The molecule has 4 heteroatoms. The van der Waals surface area contributed by atoms with Gasteiger partial charge >= 0.3 is 0 Å². The van der Waals surface area contributed by atoms with E-state index in [0.29, 0.717) is 0 Å². The van der Waals surface area contributed by atoms with Crippen LogP contribution in [0.25, 0.3) is 0 Å². The second-order valence-electron chi connectivity index (χ2n) is 7.94. The zero-order valence-corrected chi connectivity index (χ0v) is 17.9. The summed E-state index contributed by atoms with van der Waals surface area (Å²) in [5.41, 5.74) is 5.03. The minimum atomic E-state index is 0.289. The van der Waals surface area contributed by atoms with E-state index in [4.69, 9.17) is 5.10 Å². The average Bonchev–Trinajstić information content (AvgIpc) is 2.80. The van der Waals surface area contributed by atoms with E-state index < -0.39 is 0 Å². The van der Waals surface area contributed by atoms with Crippen LogP contribution >= 0.6 is 0 Å². The molecule has 0 unspecified atom stereocenters. The lowest BCUT2D eigenvalue weighted by molar-refractivity contribution is 0.113. The number of hydrogen-bond donors (Lipinski definition) is 0. The molecule has 3 aromatic rings. The van der Waals surface area contributed by atoms with E-state index in [9.17, 15) is 0 Å². The van der Waals surface area contributed by atoms with Gasteiger partial charge in [-0.3, -0.25) is 9.91 Å². The molecule has 0 aliphatic carbocycles. The van der Waals surface area contributed by atoms with Crippen molar-refractivity contribution in [1.82, 2.24) is 9.91 Å². The van der Waals surface area contributed by atoms with Gasteiger partial charge in [0.25, 0.3) is 0 Å². The zero-order chi connectivity index (χ0) is 20.8. The van der Waals surface area contributed by atoms with Crippen molar-refractivity contribution >= 4 is 11.9 Å². The predicted molar refractivity (Wildman–Crippen MR) is 126 cm³/mol. The summed E-state index contributed by atoms with van der Waals surface area (Å²) in [7, 11) is 4.11. The maximum Gasteiger partial charge on any atom is 0.0603 e. The van der Waals surface area contributed by atoms with Crippen LogP contribution in [0.4, 0.5) is 5.69 Å². The molecule has 4 rings (SSSR count). The lowest BCUT2D eigenvalue weighted by atomic mass is 9.96. The van der Waals surface area contributed by atoms with Crippen molar-refractivity contribution in [3.63, 3.8) is 0 Å². The smallest absolute Gasteiger partial charge is 0.0603 e. The fraction of sp³-hybridized carbons (Fsp3) is 0.269. The quantitative estimate of drug-likeness (QED) is 0.571. The highest BCUT2D eigenvalue weighted by Gasteiger charge is 2.25. The number of hydrogen-bond acceptors (Lipinski definition) is 4. The third-order valence-corrected chi connectivity index (χ3v) is 5.67. The van der Waals surface area contributed by atoms with Crippen LogP contribution in [0.3, 0.4) is 0 Å². The van der Waals surface area contributed by atoms with Crippen LogP contribution in [0, 0.1) is 0 Å². The Morgan fingerprint density at radius 1 is 0.733 bits per heavy atom. The molecule has 0 N–H and O–H groups in total. The second-order valence-corrected chi connectivity index (χ2v) is 7.94. The number of anilines is 1. The van der Waals surface area contributed by atoms with Gasteiger partial charge in [0.05, 0.1) is 12.3 Å². The first-order valence-electron chi connectivity index (χ1n) is 10.6. The molecule has 0 radical (unpaired) electrons. The number of benzene rings is 3. The summed E-state index contributed by atoms with van der Waals surface area (Å²) < 4.78 is 0. The summed E-state index contributed by atoms with van der Waals surface area (Å²) in [6, 6.07) is 30.4. The summed E-state index contributed by atoms with van der Waals surface area (Å²) in [6.07, 6.45) is 1.97. The Labute approximate surface area is 180 Å². The average molecular weight is 399 g/mol. The molecular weight excluding hydrogens is 368 g/mol. The Morgan fingerprint density at radius 2 is 1.27 bits per heavy atom. The third kappa shape index (κ3) is 4.89. The van der Waals surface area contributed by atoms with E-state index in [-0.39, 0.29) is 6.04 Å². The molecule has 0 spiro atoms. The third-order valence-electron chi connectivity index (χ3n) is 5.67. The second kappa shape index (κ2) is 9.59. The van der Waals surface area contributed by atoms with Crippen LogP contribution in [0.2, 0.25) is 0 Å². The van der Waals surface area contributed by atoms with E-state index >= 15 is 0 Å². The van der Waals surface area contributed by atoms with Gasteiger partial charge in [0, 0.05) is 46.0 Å². The number of rotatable bonds is 6. The van der Waals surface area contributed by atoms with Crippen molar-refractivity contribution in [2.75, 3.05) is 45.2 Å². The van der Waals surface area contributed by atoms with Gasteiger partial charge in [-0.25, -0.2) is 0 Å². The first kappa shape index (κ1) is 20.2. The van der Waals surface area contributed by atoms with Crippen LogP contribution < -0.4 is 4.90 Å². The van der Waals surface area contributed by atoms with E-state index in [1.807, 2.05) is 6.21 Å². The van der Waals surface area contributed by atoms with Gasteiger partial charge in [0.15, 0.2) is 0 Å². The largest absolute Gasteiger partial charge is 0.378 e. The minimum absolute atomic E-state index is 0.289. The first-order chi connectivity index (χ1) is 14.7. The molecule has 1 fully saturated rings. The van der Waals surface area contributed by atoms with E-state index in [1.165, 1.54) is 16.8 Å². The molecule has 1 aliphatic rings. The highest BCUT2D eigenvalue weighted by molar-refractivity contribution is 5.80. The molecule has 0 saturated carbocycles. The Hall–Kier alpha value is -3.11. The Bertz CT molecular complexity index is 888. The lowest BCUT2D eigenvalue weighted by Crippen LogP contribution is -2.45. The molecule has 1 saturated heterocycles.